The van der Waals surface area contributed by atoms with Crippen LogP contribution >= 0.6 is 0 Å². The van der Waals surface area contributed by atoms with Crippen molar-refractivity contribution in [2.24, 2.45) is 5.73 Å². The fourth-order valence-corrected chi connectivity index (χ4v) is 1.61. The molecule has 1 aromatic carbocycles. The second-order valence-electron chi connectivity index (χ2n) is 4.20. The standard InChI is InChI=1S/C13H18N2O3/c1-15(13(18)11(14)9-12(16)17)8-7-10-5-3-2-4-6-10/h2-6,11H,7-9,14H2,1H3,(H,16,17). The van der Waals surface area contributed by atoms with Gasteiger partial charge in [-0.25, -0.2) is 0 Å². The van der Waals surface area contributed by atoms with E-state index in [2.05, 4.69) is 0 Å². The van der Waals surface area contributed by atoms with Gasteiger partial charge in [-0.3, -0.25) is 9.59 Å². The smallest absolute Gasteiger partial charge is 0.305 e. The third kappa shape index (κ3) is 4.55. The monoisotopic (exact) mass is 250 g/mol. The van der Waals surface area contributed by atoms with Gasteiger partial charge in [-0.1, -0.05) is 30.3 Å². The van der Waals surface area contributed by atoms with Gasteiger partial charge in [-0.05, 0) is 12.0 Å². The summed E-state index contributed by atoms with van der Waals surface area (Å²) in [6, 6.07) is 8.80. The Hall–Kier alpha value is -1.88. The first kappa shape index (κ1) is 14.2. The Balaban J connectivity index is 2.43. The van der Waals surface area contributed by atoms with E-state index in [4.69, 9.17) is 10.8 Å². The quantitative estimate of drug-likeness (QED) is 0.769. The Morgan fingerprint density at radius 3 is 2.50 bits per heavy atom. The number of hydrogen-bond acceptors (Lipinski definition) is 3. The molecule has 0 radical (unpaired) electrons. The molecular weight excluding hydrogens is 232 g/mol. The number of nitrogens with zero attached hydrogens (tertiary/aromatic N) is 1. The van der Waals surface area contributed by atoms with Crippen LogP contribution in [0.1, 0.15) is 12.0 Å². The summed E-state index contributed by atoms with van der Waals surface area (Å²) < 4.78 is 0. The summed E-state index contributed by atoms with van der Waals surface area (Å²) in [5.41, 5.74) is 6.64. The minimum absolute atomic E-state index is 0.339. The van der Waals surface area contributed by atoms with Gasteiger partial charge in [0.1, 0.15) is 0 Å². The van der Waals surface area contributed by atoms with Crippen LogP contribution in [0, 0.1) is 0 Å². The summed E-state index contributed by atoms with van der Waals surface area (Å²) in [6.45, 7) is 0.524. The van der Waals surface area contributed by atoms with Gasteiger partial charge in [0.05, 0.1) is 12.5 Å². The van der Waals surface area contributed by atoms with Crippen LogP contribution in [-0.2, 0) is 16.0 Å². The molecule has 1 unspecified atom stereocenters. The van der Waals surface area contributed by atoms with Crippen molar-refractivity contribution < 1.29 is 14.7 Å². The third-order valence-corrected chi connectivity index (χ3v) is 2.67. The highest BCUT2D eigenvalue weighted by atomic mass is 16.4. The molecule has 18 heavy (non-hydrogen) atoms. The lowest BCUT2D eigenvalue weighted by atomic mass is 10.1. The Morgan fingerprint density at radius 2 is 1.94 bits per heavy atom. The number of carboxylic acids is 1. The molecule has 0 aliphatic heterocycles. The van der Waals surface area contributed by atoms with Crippen LogP contribution in [-0.4, -0.2) is 41.5 Å². The van der Waals surface area contributed by atoms with Crippen molar-refractivity contribution in [3.05, 3.63) is 35.9 Å². The molecular formula is C13H18N2O3. The van der Waals surface area contributed by atoms with Gasteiger partial charge in [0.2, 0.25) is 5.91 Å². The van der Waals surface area contributed by atoms with E-state index in [-0.39, 0.29) is 12.3 Å². The number of carboxylic acid groups (broad SMARTS) is 1. The van der Waals surface area contributed by atoms with E-state index >= 15 is 0 Å². The largest absolute Gasteiger partial charge is 0.481 e. The number of likely N-dealkylation sites (N-methyl/N-ethyl adjacent to an activating group) is 1. The first-order valence-electron chi connectivity index (χ1n) is 5.77. The lowest BCUT2D eigenvalue weighted by Crippen LogP contribution is -2.43. The normalized spacial score (nSPS) is 11.9. The summed E-state index contributed by atoms with van der Waals surface area (Å²) in [5, 5.41) is 8.57. The number of aliphatic carboxylic acids is 1. The van der Waals surface area contributed by atoms with E-state index in [0.717, 1.165) is 12.0 Å². The molecule has 0 aromatic heterocycles. The van der Waals surface area contributed by atoms with E-state index in [0.29, 0.717) is 6.54 Å². The molecule has 98 valence electrons. The average Bonchev–Trinajstić information content (AvgIpc) is 2.35. The molecule has 1 atom stereocenters. The van der Waals surface area contributed by atoms with Gasteiger partial charge in [-0.15, -0.1) is 0 Å². The molecule has 0 fully saturated rings. The minimum Gasteiger partial charge on any atom is -0.481 e. The van der Waals surface area contributed by atoms with Crippen LogP contribution in [0.25, 0.3) is 0 Å². The highest BCUT2D eigenvalue weighted by molar-refractivity contribution is 5.85. The zero-order chi connectivity index (χ0) is 13.5. The van der Waals surface area contributed by atoms with Crippen molar-refractivity contribution in [2.75, 3.05) is 13.6 Å². The molecule has 5 nitrogen and oxygen atoms in total. The molecule has 0 spiro atoms. The van der Waals surface area contributed by atoms with Gasteiger partial charge in [-0.2, -0.15) is 0 Å². The molecule has 1 rings (SSSR count). The van der Waals surface area contributed by atoms with Crippen molar-refractivity contribution in [3.63, 3.8) is 0 Å². The number of hydrogen-bond donors (Lipinski definition) is 2. The van der Waals surface area contributed by atoms with Crippen molar-refractivity contribution in [2.45, 2.75) is 18.9 Å². The Labute approximate surface area is 106 Å². The fourth-order valence-electron chi connectivity index (χ4n) is 1.61. The Kier molecular flexibility index (Phi) is 5.32. The molecule has 5 heteroatoms. The number of amides is 1. The number of carbonyl (C=O) groups excluding carboxylic acids is 1. The maximum absolute atomic E-state index is 11.7. The highest BCUT2D eigenvalue weighted by Crippen LogP contribution is 2.02. The number of benzene rings is 1. The maximum Gasteiger partial charge on any atom is 0.305 e. The predicted octanol–water partition coefficient (Wildman–Crippen LogP) is 0.489. The van der Waals surface area contributed by atoms with Gasteiger partial charge in [0, 0.05) is 13.6 Å². The number of rotatable bonds is 6. The first-order valence-corrected chi connectivity index (χ1v) is 5.77. The van der Waals surface area contributed by atoms with Crippen molar-refractivity contribution in [1.29, 1.82) is 0 Å². The molecule has 1 aromatic rings. The lowest BCUT2D eigenvalue weighted by molar-refractivity contribution is -0.141. The molecule has 3 N–H and O–H groups in total. The Morgan fingerprint density at radius 1 is 1.33 bits per heavy atom. The van der Waals surface area contributed by atoms with Crippen LogP contribution in [0.15, 0.2) is 30.3 Å². The summed E-state index contributed by atoms with van der Waals surface area (Å²) in [7, 11) is 1.63. The van der Waals surface area contributed by atoms with Crippen molar-refractivity contribution in [3.8, 4) is 0 Å². The highest BCUT2D eigenvalue weighted by Gasteiger charge is 2.20. The van der Waals surface area contributed by atoms with Crippen LogP contribution in [0.2, 0.25) is 0 Å². The zero-order valence-corrected chi connectivity index (χ0v) is 10.4. The van der Waals surface area contributed by atoms with E-state index in [1.807, 2.05) is 30.3 Å². The zero-order valence-electron chi connectivity index (χ0n) is 10.4. The van der Waals surface area contributed by atoms with E-state index in [1.54, 1.807) is 7.05 Å². The van der Waals surface area contributed by atoms with Gasteiger partial charge in [0.15, 0.2) is 0 Å². The lowest BCUT2D eigenvalue weighted by Gasteiger charge is -2.20. The average molecular weight is 250 g/mol. The summed E-state index contributed by atoms with van der Waals surface area (Å²) >= 11 is 0. The second-order valence-corrected chi connectivity index (χ2v) is 4.20. The summed E-state index contributed by atoms with van der Waals surface area (Å²) in [5.74, 6) is -1.40. The predicted molar refractivity (Wildman–Crippen MR) is 68.0 cm³/mol. The SMILES string of the molecule is CN(CCc1ccccc1)C(=O)C(N)CC(=O)O. The third-order valence-electron chi connectivity index (χ3n) is 2.67. The van der Waals surface area contributed by atoms with Crippen molar-refractivity contribution in [1.82, 2.24) is 4.90 Å². The van der Waals surface area contributed by atoms with E-state index in [1.165, 1.54) is 4.90 Å². The summed E-state index contributed by atoms with van der Waals surface area (Å²) in [6.07, 6.45) is 0.386. The van der Waals surface area contributed by atoms with E-state index in [9.17, 15) is 9.59 Å². The maximum atomic E-state index is 11.7. The molecule has 0 bridgehead atoms. The van der Waals surface area contributed by atoms with E-state index < -0.39 is 12.0 Å². The molecule has 0 aliphatic carbocycles. The Bertz CT molecular complexity index is 406. The molecule has 0 heterocycles. The molecule has 0 aliphatic rings. The number of nitrogens with two attached hydrogens (primary N) is 1. The van der Waals surface area contributed by atoms with Crippen LogP contribution in [0.3, 0.4) is 0 Å². The van der Waals surface area contributed by atoms with Crippen LogP contribution in [0.5, 0.6) is 0 Å². The molecule has 1 amide bonds. The fraction of sp³-hybridized carbons (Fsp3) is 0.385. The minimum atomic E-state index is -1.06. The number of carbonyl (C=O) groups is 2. The van der Waals surface area contributed by atoms with Crippen LogP contribution in [0.4, 0.5) is 0 Å². The van der Waals surface area contributed by atoms with Crippen molar-refractivity contribution >= 4 is 11.9 Å². The second kappa shape index (κ2) is 6.76. The van der Waals surface area contributed by atoms with Gasteiger partial charge >= 0.3 is 5.97 Å². The molecule has 0 saturated carbocycles. The van der Waals surface area contributed by atoms with Crippen LogP contribution < -0.4 is 5.73 Å². The van der Waals surface area contributed by atoms with Gasteiger partial charge in [0.25, 0.3) is 0 Å². The van der Waals surface area contributed by atoms with Gasteiger partial charge < -0.3 is 15.7 Å². The topological polar surface area (TPSA) is 83.6 Å². The summed E-state index contributed by atoms with van der Waals surface area (Å²) in [4.78, 5) is 23.7. The first-order chi connectivity index (χ1) is 8.50. The molecule has 0 saturated heterocycles.